The fourth-order valence-electron chi connectivity index (χ4n) is 0.847. The SMILES string of the molecule is O=COCC1=C[C@@H](O)C(O)CO1. The monoisotopic (exact) mass is 174 g/mol. The highest BCUT2D eigenvalue weighted by Crippen LogP contribution is 2.11. The second kappa shape index (κ2) is 4.08. The van der Waals surface area contributed by atoms with Crippen LogP contribution < -0.4 is 0 Å². The molecule has 0 aromatic carbocycles. The molecule has 0 radical (unpaired) electrons. The van der Waals surface area contributed by atoms with Gasteiger partial charge in [0.2, 0.25) is 0 Å². The minimum atomic E-state index is -0.941. The van der Waals surface area contributed by atoms with Gasteiger partial charge in [-0.1, -0.05) is 0 Å². The van der Waals surface area contributed by atoms with E-state index in [9.17, 15) is 4.79 Å². The molecule has 0 aromatic rings. The van der Waals surface area contributed by atoms with Crippen LogP contribution in [0.25, 0.3) is 0 Å². The molecule has 1 unspecified atom stereocenters. The largest absolute Gasteiger partial charge is 0.492 e. The van der Waals surface area contributed by atoms with Crippen LogP contribution in [-0.4, -0.2) is 42.1 Å². The Balaban J connectivity index is 2.44. The molecule has 2 atom stereocenters. The summed E-state index contributed by atoms with van der Waals surface area (Å²) in [6, 6.07) is 0. The van der Waals surface area contributed by atoms with Gasteiger partial charge in [0.25, 0.3) is 6.47 Å². The molecule has 5 nitrogen and oxygen atoms in total. The van der Waals surface area contributed by atoms with Crippen molar-refractivity contribution in [2.75, 3.05) is 13.2 Å². The van der Waals surface area contributed by atoms with Crippen molar-refractivity contribution >= 4 is 6.47 Å². The standard InChI is InChI=1S/C7H10O5/c8-4-11-2-5-1-6(9)7(10)3-12-5/h1,4,6-7,9-10H,2-3H2/t6-,7?/m1/s1. The van der Waals surface area contributed by atoms with E-state index in [1.807, 2.05) is 0 Å². The predicted octanol–water partition coefficient (Wildman–Crippen LogP) is -1.20. The molecule has 0 saturated carbocycles. The lowest BCUT2D eigenvalue weighted by molar-refractivity contribution is -0.129. The Hall–Kier alpha value is -1.07. The molecule has 1 rings (SSSR count). The van der Waals surface area contributed by atoms with Crippen molar-refractivity contribution < 1.29 is 24.5 Å². The number of carbonyl (C=O) groups is 1. The van der Waals surface area contributed by atoms with Gasteiger partial charge >= 0.3 is 0 Å². The van der Waals surface area contributed by atoms with Gasteiger partial charge in [-0.2, -0.15) is 0 Å². The normalized spacial score (nSPS) is 28.7. The highest BCUT2D eigenvalue weighted by Gasteiger charge is 2.21. The smallest absolute Gasteiger partial charge is 0.293 e. The molecule has 1 aliphatic heterocycles. The van der Waals surface area contributed by atoms with Crippen molar-refractivity contribution in [3.63, 3.8) is 0 Å². The summed E-state index contributed by atoms with van der Waals surface area (Å²) in [5.74, 6) is 0.361. The Morgan fingerprint density at radius 2 is 2.50 bits per heavy atom. The fraction of sp³-hybridized carbons (Fsp3) is 0.571. The molecule has 0 saturated heterocycles. The van der Waals surface area contributed by atoms with Gasteiger partial charge in [0.05, 0.1) is 0 Å². The van der Waals surface area contributed by atoms with Crippen molar-refractivity contribution in [3.8, 4) is 0 Å². The van der Waals surface area contributed by atoms with Crippen molar-refractivity contribution in [3.05, 3.63) is 11.8 Å². The van der Waals surface area contributed by atoms with Crippen LogP contribution in [0.5, 0.6) is 0 Å². The van der Waals surface area contributed by atoms with Gasteiger partial charge in [0, 0.05) is 0 Å². The summed E-state index contributed by atoms with van der Waals surface area (Å²) in [6.07, 6.45) is -0.522. The lowest BCUT2D eigenvalue weighted by Gasteiger charge is -2.22. The fourth-order valence-corrected chi connectivity index (χ4v) is 0.847. The minimum Gasteiger partial charge on any atom is -0.492 e. The van der Waals surface area contributed by atoms with E-state index >= 15 is 0 Å². The average Bonchev–Trinajstić information content (AvgIpc) is 2.07. The maximum atomic E-state index is 9.78. The topological polar surface area (TPSA) is 76.0 Å². The molecule has 0 spiro atoms. The van der Waals surface area contributed by atoms with Crippen LogP contribution in [0.2, 0.25) is 0 Å². The van der Waals surface area contributed by atoms with E-state index in [0.29, 0.717) is 12.2 Å². The first-order valence-electron chi connectivity index (χ1n) is 3.49. The molecule has 1 aliphatic rings. The molecule has 2 N–H and O–H groups in total. The first-order chi connectivity index (χ1) is 5.74. The van der Waals surface area contributed by atoms with Crippen LogP contribution in [0.3, 0.4) is 0 Å². The highest BCUT2D eigenvalue weighted by atomic mass is 16.6. The molecular weight excluding hydrogens is 164 g/mol. The van der Waals surface area contributed by atoms with Crippen molar-refractivity contribution in [2.24, 2.45) is 0 Å². The zero-order valence-electron chi connectivity index (χ0n) is 6.34. The molecular formula is C7H10O5. The Morgan fingerprint density at radius 1 is 1.75 bits per heavy atom. The maximum Gasteiger partial charge on any atom is 0.293 e. The first-order valence-corrected chi connectivity index (χ1v) is 3.49. The zero-order chi connectivity index (χ0) is 8.97. The van der Waals surface area contributed by atoms with Gasteiger partial charge in [0.15, 0.2) is 0 Å². The summed E-state index contributed by atoms with van der Waals surface area (Å²) in [4.78, 5) is 9.78. The number of rotatable bonds is 3. The molecule has 0 aromatic heterocycles. The van der Waals surface area contributed by atoms with Crippen molar-refractivity contribution in [2.45, 2.75) is 12.2 Å². The van der Waals surface area contributed by atoms with Gasteiger partial charge in [0.1, 0.15) is 31.2 Å². The van der Waals surface area contributed by atoms with E-state index in [0.717, 1.165) is 0 Å². The summed E-state index contributed by atoms with van der Waals surface area (Å²) in [5, 5.41) is 18.1. The summed E-state index contributed by atoms with van der Waals surface area (Å²) in [5.41, 5.74) is 0. The van der Waals surface area contributed by atoms with Gasteiger partial charge in [-0.05, 0) is 6.08 Å². The van der Waals surface area contributed by atoms with E-state index in [2.05, 4.69) is 4.74 Å². The lowest BCUT2D eigenvalue weighted by Crippen LogP contribution is -2.33. The molecule has 0 amide bonds. The number of ether oxygens (including phenoxy) is 2. The summed E-state index contributed by atoms with van der Waals surface area (Å²) < 4.78 is 9.32. The number of aliphatic hydroxyl groups excluding tert-OH is 2. The quantitative estimate of drug-likeness (QED) is 0.525. The van der Waals surface area contributed by atoms with Crippen LogP contribution >= 0.6 is 0 Å². The van der Waals surface area contributed by atoms with E-state index in [1.165, 1.54) is 6.08 Å². The molecule has 5 heteroatoms. The zero-order valence-corrected chi connectivity index (χ0v) is 6.34. The third-order valence-corrected chi connectivity index (χ3v) is 1.48. The molecule has 1 heterocycles. The summed E-state index contributed by atoms with van der Waals surface area (Å²) in [7, 11) is 0. The van der Waals surface area contributed by atoms with Gasteiger partial charge in [-0.3, -0.25) is 4.79 Å². The number of hydrogen-bond donors (Lipinski definition) is 2. The lowest BCUT2D eigenvalue weighted by atomic mass is 10.1. The summed E-state index contributed by atoms with van der Waals surface area (Å²) >= 11 is 0. The highest BCUT2D eigenvalue weighted by molar-refractivity contribution is 5.37. The second-order valence-electron chi connectivity index (χ2n) is 2.41. The first kappa shape index (κ1) is 9.02. The number of carbonyl (C=O) groups excluding carboxylic acids is 1. The Bertz CT molecular complexity index is 188. The number of hydrogen-bond acceptors (Lipinski definition) is 5. The van der Waals surface area contributed by atoms with E-state index in [-0.39, 0.29) is 13.2 Å². The second-order valence-corrected chi connectivity index (χ2v) is 2.41. The Morgan fingerprint density at radius 3 is 3.08 bits per heavy atom. The van der Waals surface area contributed by atoms with Gasteiger partial charge in [-0.25, -0.2) is 0 Å². The Labute approximate surface area is 69.2 Å². The van der Waals surface area contributed by atoms with Gasteiger partial charge < -0.3 is 19.7 Å². The maximum absolute atomic E-state index is 9.78. The van der Waals surface area contributed by atoms with E-state index < -0.39 is 12.2 Å². The Kier molecular flexibility index (Phi) is 3.07. The number of aliphatic hydroxyl groups is 2. The van der Waals surface area contributed by atoms with Crippen LogP contribution in [0.4, 0.5) is 0 Å². The average molecular weight is 174 g/mol. The third kappa shape index (κ3) is 2.21. The van der Waals surface area contributed by atoms with Crippen LogP contribution in [-0.2, 0) is 14.3 Å². The van der Waals surface area contributed by atoms with Crippen LogP contribution in [0.1, 0.15) is 0 Å². The molecule has 0 bridgehead atoms. The molecule has 0 fully saturated rings. The van der Waals surface area contributed by atoms with E-state index in [1.54, 1.807) is 0 Å². The third-order valence-electron chi connectivity index (χ3n) is 1.48. The predicted molar refractivity (Wildman–Crippen MR) is 38.1 cm³/mol. The molecule has 68 valence electrons. The molecule has 0 aliphatic carbocycles. The van der Waals surface area contributed by atoms with Crippen molar-refractivity contribution in [1.29, 1.82) is 0 Å². The van der Waals surface area contributed by atoms with E-state index in [4.69, 9.17) is 14.9 Å². The van der Waals surface area contributed by atoms with Crippen LogP contribution in [0, 0.1) is 0 Å². The summed E-state index contributed by atoms with van der Waals surface area (Å²) in [6.45, 7) is 0.310. The van der Waals surface area contributed by atoms with Crippen LogP contribution in [0.15, 0.2) is 11.8 Å². The molecule has 12 heavy (non-hydrogen) atoms. The van der Waals surface area contributed by atoms with Crippen molar-refractivity contribution in [1.82, 2.24) is 0 Å². The minimum absolute atomic E-state index is 0.00667. The van der Waals surface area contributed by atoms with Gasteiger partial charge in [-0.15, -0.1) is 0 Å².